The third kappa shape index (κ3) is 5.58. The smallest absolute Gasteiger partial charge is 0.249 e. The summed E-state index contributed by atoms with van der Waals surface area (Å²) in [5.74, 6) is -1.45. The molecule has 2 amide bonds. The van der Waals surface area contributed by atoms with Crippen LogP contribution in [0.2, 0.25) is 0 Å². The van der Waals surface area contributed by atoms with Crippen LogP contribution in [0.15, 0.2) is 42.0 Å². The summed E-state index contributed by atoms with van der Waals surface area (Å²) < 4.78 is 13.2. The Balaban J connectivity index is 2.40. The highest BCUT2D eigenvalue weighted by atomic mass is 19.1. The van der Waals surface area contributed by atoms with Crippen LogP contribution < -0.4 is 10.7 Å². The molecule has 0 fully saturated rings. The van der Waals surface area contributed by atoms with Gasteiger partial charge in [-0.05, 0) is 6.07 Å². The molecule has 0 aliphatic carbocycles. The van der Waals surface area contributed by atoms with Crippen molar-refractivity contribution in [3.05, 3.63) is 48.3 Å². The van der Waals surface area contributed by atoms with E-state index in [1.54, 1.807) is 12.1 Å². The summed E-state index contributed by atoms with van der Waals surface area (Å²) in [6.45, 7) is 3.73. The van der Waals surface area contributed by atoms with Crippen LogP contribution in [0, 0.1) is 5.82 Å². The van der Waals surface area contributed by atoms with Crippen molar-refractivity contribution in [1.82, 2.24) is 10.7 Å². The molecular formula is C13H14FN3O2. The van der Waals surface area contributed by atoms with E-state index in [9.17, 15) is 14.0 Å². The first-order valence-electron chi connectivity index (χ1n) is 5.57. The Hall–Kier alpha value is -2.50. The first-order valence-corrected chi connectivity index (χ1v) is 5.57. The molecule has 0 radical (unpaired) electrons. The molecule has 0 saturated carbocycles. The number of hydrazone groups is 1. The van der Waals surface area contributed by atoms with Crippen molar-refractivity contribution in [2.75, 3.05) is 6.54 Å². The summed E-state index contributed by atoms with van der Waals surface area (Å²) in [6.07, 6.45) is 2.34. The van der Waals surface area contributed by atoms with Gasteiger partial charge >= 0.3 is 0 Å². The molecule has 0 bridgehead atoms. The van der Waals surface area contributed by atoms with Gasteiger partial charge in [-0.2, -0.15) is 5.10 Å². The van der Waals surface area contributed by atoms with Crippen LogP contribution in [-0.2, 0) is 9.59 Å². The van der Waals surface area contributed by atoms with E-state index >= 15 is 0 Å². The lowest BCUT2D eigenvalue weighted by Gasteiger charge is -2.01. The highest BCUT2D eigenvalue weighted by Crippen LogP contribution is 2.02. The van der Waals surface area contributed by atoms with Crippen molar-refractivity contribution in [2.45, 2.75) is 6.42 Å². The number of rotatable bonds is 6. The molecule has 6 heteroatoms. The maximum Gasteiger partial charge on any atom is 0.249 e. The van der Waals surface area contributed by atoms with E-state index in [4.69, 9.17) is 0 Å². The summed E-state index contributed by atoms with van der Waals surface area (Å²) in [6, 6.07) is 6.00. The lowest BCUT2D eigenvalue weighted by molar-refractivity contribution is -0.129. The molecule has 0 spiro atoms. The second-order valence-corrected chi connectivity index (χ2v) is 3.58. The molecule has 0 saturated heterocycles. The zero-order chi connectivity index (χ0) is 14.1. The Bertz CT molecular complexity index is 500. The molecule has 1 rings (SSSR count). The summed E-state index contributed by atoms with van der Waals surface area (Å²) >= 11 is 0. The largest absolute Gasteiger partial charge is 0.352 e. The van der Waals surface area contributed by atoms with Gasteiger partial charge in [0.05, 0.1) is 6.21 Å². The molecule has 2 N–H and O–H groups in total. The first kappa shape index (κ1) is 14.6. The Kier molecular flexibility index (Phi) is 5.94. The average Bonchev–Trinajstić information content (AvgIpc) is 2.38. The van der Waals surface area contributed by atoms with Crippen LogP contribution in [0.5, 0.6) is 0 Å². The summed E-state index contributed by atoms with van der Waals surface area (Å²) in [4.78, 5) is 22.5. The zero-order valence-corrected chi connectivity index (χ0v) is 10.2. The molecule has 0 atom stereocenters. The predicted molar refractivity (Wildman–Crippen MR) is 70.0 cm³/mol. The number of halogens is 1. The number of nitrogens with zero attached hydrogens (tertiary/aromatic N) is 1. The number of nitrogens with one attached hydrogen (secondary N) is 2. The molecule has 19 heavy (non-hydrogen) atoms. The zero-order valence-electron chi connectivity index (χ0n) is 10.2. The van der Waals surface area contributed by atoms with Gasteiger partial charge in [-0.3, -0.25) is 9.59 Å². The third-order valence-corrected chi connectivity index (χ3v) is 2.06. The van der Waals surface area contributed by atoms with E-state index in [1.807, 2.05) is 0 Å². The normalized spacial score (nSPS) is 10.2. The Morgan fingerprint density at radius 2 is 2.05 bits per heavy atom. The molecule has 1 aromatic rings. The average molecular weight is 263 g/mol. The maximum atomic E-state index is 13.2. The minimum atomic E-state index is -0.575. The van der Waals surface area contributed by atoms with Crippen molar-refractivity contribution >= 4 is 18.0 Å². The molecule has 5 nitrogen and oxygen atoms in total. The summed E-state index contributed by atoms with van der Waals surface area (Å²) in [7, 11) is 0. The van der Waals surface area contributed by atoms with E-state index in [-0.39, 0.29) is 12.0 Å². The van der Waals surface area contributed by atoms with E-state index in [0.29, 0.717) is 6.54 Å². The minimum absolute atomic E-state index is 0.249. The standard InChI is InChI=1S/C13H14FN3O2/c1-2-7-15-12(18)8-13(19)17-16-9-10-5-3-4-6-11(10)14/h2-6,9H,1,7-8H2,(H,15,18)(H,17,19)/b16-9-. The lowest BCUT2D eigenvalue weighted by atomic mass is 10.2. The number of benzene rings is 1. The van der Waals surface area contributed by atoms with E-state index < -0.39 is 17.6 Å². The van der Waals surface area contributed by atoms with Crippen LogP contribution >= 0.6 is 0 Å². The molecular weight excluding hydrogens is 249 g/mol. The van der Waals surface area contributed by atoms with Crippen LogP contribution in [-0.4, -0.2) is 24.6 Å². The van der Waals surface area contributed by atoms with Gasteiger partial charge in [0.2, 0.25) is 11.8 Å². The van der Waals surface area contributed by atoms with Gasteiger partial charge in [-0.25, -0.2) is 9.82 Å². The van der Waals surface area contributed by atoms with Crippen molar-refractivity contribution in [3.63, 3.8) is 0 Å². The van der Waals surface area contributed by atoms with Gasteiger partial charge in [-0.15, -0.1) is 6.58 Å². The fourth-order valence-electron chi connectivity index (χ4n) is 1.19. The number of carbonyl (C=O) groups is 2. The molecule has 0 aromatic heterocycles. The topological polar surface area (TPSA) is 70.6 Å². The van der Waals surface area contributed by atoms with Crippen molar-refractivity contribution in [2.24, 2.45) is 5.10 Å². The second kappa shape index (κ2) is 7.75. The SMILES string of the molecule is C=CCNC(=O)CC(=O)N/N=C\c1ccccc1F. The third-order valence-electron chi connectivity index (χ3n) is 2.06. The fourth-order valence-corrected chi connectivity index (χ4v) is 1.19. The summed E-state index contributed by atoms with van der Waals surface area (Å²) in [5.41, 5.74) is 2.39. The Morgan fingerprint density at radius 1 is 1.32 bits per heavy atom. The Labute approximate surface area is 110 Å². The quantitative estimate of drug-likeness (QED) is 0.347. The molecule has 0 unspecified atom stereocenters. The lowest BCUT2D eigenvalue weighted by Crippen LogP contribution is -2.29. The van der Waals surface area contributed by atoms with E-state index in [1.165, 1.54) is 24.4 Å². The molecule has 0 aliphatic heterocycles. The van der Waals surface area contributed by atoms with Gasteiger partial charge in [-0.1, -0.05) is 24.3 Å². The number of hydrogen-bond donors (Lipinski definition) is 2. The summed E-state index contributed by atoms with van der Waals surface area (Å²) in [5, 5.41) is 6.02. The van der Waals surface area contributed by atoms with Gasteiger partial charge in [0.25, 0.3) is 0 Å². The predicted octanol–water partition coefficient (Wildman–Crippen LogP) is 0.968. The second-order valence-electron chi connectivity index (χ2n) is 3.58. The van der Waals surface area contributed by atoms with Gasteiger partial charge in [0, 0.05) is 12.1 Å². The number of hydrogen-bond acceptors (Lipinski definition) is 3. The van der Waals surface area contributed by atoms with Crippen molar-refractivity contribution in [1.29, 1.82) is 0 Å². The van der Waals surface area contributed by atoms with E-state index in [0.717, 1.165) is 0 Å². The van der Waals surface area contributed by atoms with Crippen molar-refractivity contribution in [3.8, 4) is 0 Å². The van der Waals surface area contributed by atoms with Gasteiger partial charge in [0.1, 0.15) is 12.2 Å². The monoisotopic (exact) mass is 263 g/mol. The number of carbonyl (C=O) groups excluding carboxylic acids is 2. The molecule has 100 valence electrons. The molecule has 0 aliphatic rings. The van der Waals surface area contributed by atoms with Crippen LogP contribution in [0.1, 0.15) is 12.0 Å². The van der Waals surface area contributed by atoms with Gasteiger partial charge < -0.3 is 5.32 Å². The highest BCUT2D eigenvalue weighted by molar-refractivity contribution is 5.97. The van der Waals surface area contributed by atoms with Crippen molar-refractivity contribution < 1.29 is 14.0 Å². The van der Waals surface area contributed by atoms with Crippen LogP contribution in [0.25, 0.3) is 0 Å². The van der Waals surface area contributed by atoms with Crippen LogP contribution in [0.4, 0.5) is 4.39 Å². The minimum Gasteiger partial charge on any atom is -0.352 e. The first-order chi connectivity index (χ1) is 9.13. The van der Waals surface area contributed by atoms with Gasteiger partial charge in [0.15, 0.2) is 0 Å². The highest BCUT2D eigenvalue weighted by Gasteiger charge is 2.07. The van der Waals surface area contributed by atoms with Crippen LogP contribution in [0.3, 0.4) is 0 Å². The number of amides is 2. The molecule has 1 aromatic carbocycles. The Morgan fingerprint density at radius 3 is 2.74 bits per heavy atom. The van der Waals surface area contributed by atoms with E-state index in [2.05, 4.69) is 22.4 Å². The molecule has 0 heterocycles. The fraction of sp³-hybridized carbons (Fsp3) is 0.154. The maximum absolute atomic E-state index is 13.2.